The molecule has 7 heteroatoms. The molecule has 0 spiro atoms. The van der Waals surface area contributed by atoms with Gasteiger partial charge in [0.15, 0.2) is 11.7 Å². The van der Waals surface area contributed by atoms with E-state index in [4.69, 9.17) is 28.8 Å². The van der Waals surface area contributed by atoms with Gasteiger partial charge in [-0.05, 0) is 53.1 Å². The van der Waals surface area contributed by atoms with Crippen molar-refractivity contribution < 1.29 is 8.83 Å². The van der Waals surface area contributed by atoms with Crippen LogP contribution >= 0.6 is 0 Å². The summed E-state index contributed by atoms with van der Waals surface area (Å²) in [5.74, 6) is 2.01. The number of furan rings is 2. The summed E-state index contributed by atoms with van der Waals surface area (Å²) in [6, 6.07) is 65.0. The molecule has 0 saturated heterocycles. The molecular formula is C56H35N5O2. The number of hydrogen-bond donors (Lipinski definition) is 1. The maximum Gasteiger partial charge on any atom is 0.164 e. The van der Waals surface area contributed by atoms with Crippen molar-refractivity contribution in [1.82, 2.24) is 15.3 Å². The molecule has 296 valence electrons. The van der Waals surface area contributed by atoms with Crippen LogP contribution in [0, 0.1) is 0 Å². The fourth-order valence-electron chi connectivity index (χ4n) is 9.31. The topological polar surface area (TPSA) is 88.8 Å². The molecule has 3 aliphatic rings. The highest BCUT2D eigenvalue weighted by molar-refractivity contribution is 6.14. The average Bonchev–Trinajstić information content (AvgIpc) is 3.93. The van der Waals surface area contributed by atoms with E-state index in [-0.39, 0.29) is 0 Å². The summed E-state index contributed by atoms with van der Waals surface area (Å²) in [4.78, 5) is 21.5. The van der Waals surface area contributed by atoms with Crippen LogP contribution in [0.2, 0.25) is 0 Å². The van der Waals surface area contributed by atoms with Crippen molar-refractivity contribution in [3.05, 3.63) is 216 Å². The number of rotatable bonds is 4. The normalized spacial score (nSPS) is 14.4. The Kier molecular flexibility index (Phi) is 7.90. The number of aliphatic imine (C=N–C) groups is 2. The molecular weight excluding hydrogens is 775 g/mol. The fraction of sp³-hybridized carbons (Fsp3) is 0.0357. The van der Waals surface area contributed by atoms with Crippen molar-refractivity contribution in [2.75, 3.05) is 0 Å². The minimum absolute atomic E-state index is 0.450. The number of nitrogens with one attached hydrogen (secondary N) is 1. The van der Waals surface area contributed by atoms with Gasteiger partial charge in [-0.15, -0.1) is 0 Å². The van der Waals surface area contributed by atoms with Gasteiger partial charge in [-0.3, -0.25) is 0 Å². The van der Waals surface area contributed by atoms with Crippen LogP contribution in [-0.4, -0.2) is 21.6 Å². The summed E-state index contributed by atoms with van der Waals surface area (Å²) in [6.45, 7) is 0. The van der Waals surface area contributed by atoms with E-state index in [1.54, 1.807) is 0 Å². The van der Waals surface area contributed by atoms with Crippen molar-refractivity contribution >= 4 is 55.5 Å². The Morgan fingerprint density at radius 3 is 1.94 bits per heavy atom. The standard InChI is InChI=1S/C56H35N5O2/c1-3-11-34(12-4-1)35-25-27-38(28-26-35)54-59-53-37-23-21-33(22-24-37)31-45-50(36-13-5-2-6-14-36)57-56(43-18-9-16-41-40-15-7-8-19-46(40)63-52(41)43)58-51(45)39-29-30-47-44(32-39)49-42(55(60-53)61-54)17-10-20-48(49)62-47/h1-30,32,55H,31H2,(H,59,60,61). The van der Waals surface area contributed by atoms with Gasteiger partial charge in [-0.25, -0.2) is 20.0 Å². The first kappa shape index (κ1) is 35.3. The summed E-state index contributed by atoms with van der Waals surface area (Å²) in [5.41, 5.74) is 15.0. The lowest BCUT2D eigenvalue weighted by Crippen LogP contribution is -2.33. The van der Waals surface area contributed by atoms with Crippen LogP contribution in [-0.2, 0) is 6.42 Å². The Labute approximate surface area is 361 Å². The minimum Gasteiger partial charge on any atom is -0.456 e. The summed E-state index contributed by atoms with van der Waals surface area (Å²) in [6.07, 6.45) is 0.137. The van der Waals surface area contributed by atoms with Gasteiger partial charge in [-0.1, -0.05) is 152 Å². The molecule has 7 nitrogen and oxygen atoms in total. The minimum atomic E-state index is -0.450. The lowest BCUT2D eigenvalue weighted by Gasteiger charge is -2.24. The van der Waals surface area contributed by atoms with Gasteiger partial charge >= 0.3 is 0 Å². The predicted octanol–water partition coefficient (Wildman–Crippen LogP) is 13.3. The number of para-hydroxylation sites is 2. The van der Waals surface area contributed by atoms with Crippen LogP contribution in [0.4, 0.5) is 0 Å². The molecule has 0 saturated carbocycles. The van der Waals surface area contributed by atoms with Crippen molar-refractivity contribution in [3.63, 3.8) is 0 Å². The Bertz CT molecular complexity index is 3660. The van der Waals surface area contributed by atoms with Gasteiger partial charge in [0, 0.05) is 61.3 Å². The molecule has 3 aromatic heterocycles. The smallest absolute Gasteiger partial charge is 0.164 e. The van der Waals surface area contributed by atoms with E-state index < -0.39 is 6.17 Å². The molecule has 1 N–H and O–H groups in total. The Balaban J connectivity index is 1.04. The molecule has 3 aliphatic heterocycles. The summed E-state index contributed by atoms with van der Waals surface area (Å²) in [5, 5.41) is 7.79. The van der Waals surface area contributed by atoms with Crippen LogP contribution in [0.1, 0.15) is 34.0 Å². The van der Waals surface area contributed by atoms with E-state index in [0.29, 0.717) is 18.1 Å². The number of hydrogen-bond acceptors (Lipinski definition) is 7. The van der Waals surface area contributed by atoms with Gasteiger partial charge < -0.3 is 14.2 Å². The second kappa shape index (κ2) is 14.1. The van der Waals surface area contributed by atoms with E-state index >= 15 is 0 Å². The van der Waals surface area contributed by atoms with Gasteiger partial charge in [-0.2, -0.15) is 0 Å². The van der Waals surface area contributed by atoms with Crippen LogP contribution < -0.4 is 5.32 Å². The van der Waals surface area contributed by atoms with Gasteiger partial charge in [0.05, 0.1) is 17.0 Å². The third-order valence-electron chi connectivity index (χ3n) is 12.4. The molecule has 1 atom stereocenters. The Hall–Kier alpha value is -8.42. The van der Waals surface area contributed by atoms with E-state index in [1.807, 2.05) is 42.5 Å². The maximum absolute atomic E-state index is 6.61. The second-order valence-corrected chi connectivity index (χ2v) is 16.2. The quantitative estimate of drug-likeness (QED) is 0.191. The zero-order valence-electron chi connectivity index (χ0n) is 33.8. The van der Waals surface area contributed by atoms with Crippen molar-refractivity contribution in [3.8, 4) is 45.0 Å². The van der Waals surface area contributed by atoms with Crippen LogP contribution in [0.15, 0.2) is 207 Å². The molecule has 1 unspecified atom stereocenters. The number of fused-ring (bicyclic) bond motifs is 5. The molecule has 0 aliphatic carbocycles. The van der Waals surface area contributed by atoms with E-state index in [1.165, 1.54) is 5.56 Å². The van der Waals surface area contributed by atoms with Crippen LogP contribution in [0.25, 0.3) is 88.9 Å². The van der Waals surface area contributed by atoms with Crippen LogP contribution in [0.3, 0.4) is 0 Å². The number of aromatic nitrogens is 2. The molecule has 63 heavy (non-hydrogen) atoms. The molecule has 0 radical (unpaired) electrons. The highest BCUT2D eigenvalue weighted by Gasteiger charge is 2.27. The highest BCUT2D eigenvalue weighted by Crippen LogP contribution is 2.42. The van der Waals surface area contributed by atoms with Gasteiger partial charge in [0.1, 0.15) is 34.3 Å². The predicted molar refractivity (Wildman–Crippen MR) is 253 cm³/mol. The molecule has 6 bridgehead atoms. The number of benzene rings is 8. The number of nitrogens with zero attached hydrogens (tertiary/aromatic N) is 4. The first-order valence-electron chi connectivity index (χ1n) is 21.2. The Morgan fingerprint density at radius 1 is 0.476 bits per heavy atom. The lowest BCUT2D eigenvalue weighted by atomic mass is 9.93. The van der Waals surface area contributed by atoms with E-state index in [2.05, 4.69) is 151 Å². The van der Waals surface area contributed by atoms with E-state index in [0.717, 1.165) is 111 Å². The zero-order valence-corrected chi connectivity index (χ0v) is 33.8. The van der Waals surface area contributed by atoms with E-state index in [9.17, 15) is 0 Å². The first-order valence-corrected chi connectivity index (χ1v) is 21.2. The highest BCUT2D eigenvalue weighted by atomic mass is 16.3. The second-order valence-electron chi connectivity index (χ2n) is 16.2. The first-order chi connectivity index (χ1) is 31.2. The molecule has 0 amide bonds. The van der Waals surface area contributed by atoms with Crippen molar-refractivity contribution in [2.45, 2.75) is 12.6 Å². The third-order valence-corrected chi connectivity index (χ3v) is 12.4. The molecule has 11 aromatic rings. The monoisotopic (exact) mass is 809 g/mol. The average molecular weight is 810 g/mol. The van der Waals surface area contributed by atoms with Crippen molar-refractivity contribution in [2.24, 2.45) is 9.98 Å². The van der Waals surface area contributed by atoms with Crippen LogP contribution in [0.5, 0.6) is 0 Å². The van der Waals surface area contributed by atoms with Crippen molar-refractivity contribution in [1.29, 1.82) is 0 Å². The van der Waals surface area contributed by atoms with Gasteiger partial charge in [0.25, 0.3) is 0 Å². The Morgan fingerprint density at radius 2 is 1.11 bits per heavy atom. The largest absolute Gasteiger partial charge is 0.456 e. The summed E-state index contributed by atoms with van der Waals surface area (Å²) >= 11 is 0. The molecule has 8 aromatic carbocycles. The number of amidine groups is 2. The summed E-state index contributed by atoms with van der Waals surface area (Å²) < 4.78 is 13.2. The third kappa shape index (κ3) is 5.89. The SMILES string of the molecule is c1ccc(-c2ccc(C3=NC4=NC(N3)c3cccc5oc6ccc(cc6c35)-c3nc(-c5cccc6c5oc5ccccc56)nc(-c5ccccc5)c3Cc3ccc4cc3)cc2)cc1. The molecule has 0 fully saturated rings. The fourth-order valence-corrected chi connectivity index (χ4v) is 9.31. The molecule has 6 heterocycles. The van der Waals surface area contributed by atoms with Gasteiger partial charge in [0.2, 0.25) is 0 Å². The lowest BCUT2D eigenvalue weighted by molar-refractivity contribution is 0.662. The summed E-state index contributed by atoms with van der Waals surface area (Å²) in [7, 11) is 0. The maximum atomic E-state index is 6.61. The molecule has 14 rings (SSSR count). The zero-order chi connectivity index (χ0) is 41.4.